The number of carbonyl (C=O) groups excluding carboxylic acids is 1. The molecule has 3 aromatic rings. The summed E-state index contributed by atoms with van der Waals surface area (Å²) >= 11 is 6.44. The number of halogens is 2. The second-order valence-corrected chi connectivity index (χ2v) is 9.35. The van der Waals surface area contributed by atoms with Crippen LogP contribution in [-0.4, -0.2) is 40.4 Å². The number of piperidine rings is 1. The van der Waals surface area contributed by atoms with E-state index in [0.717, 1.165) is 36.5 Å². The van der Waals surface area contributed by atoms with Gasteiger partial charge in [-0.2, -0.15) is 0 Å². The highest BCUT2D eigenvalue weighted by atomic mass is 35.5. The zero-order chi connectivity index (χ0) is 22.8. The van der Waals surface area contributed by atoms with Crippen molar-refractivity contribution in [1.82, 2.24) is 14.8 Å². The van der Waals surface area contributed by atoms with Crippen LogP contribution in [0.25, 0.3) is 0 Å². The maximum atomic E-state index is 13.9. The molecule has 0 aliphatic carbocycles. The first-order chi connectivity index (χ1) is 16.1. The second-order valence-electron chi connectivity index (χ2n) is 8.94. The molecule has 2 amide bonds. The quantitative estimate of drug-likeness (QED) is 0.535. The monoisotopic (exact) mass is 464 g/mol. The first-order valence-electron chi connectivity index (χ1n) is 11.2. The highest BCUT2D eigenvalue weighted by Gasteiger charge is 2.54. The fourth-order valence-electron chi connectivity index (χ4n) is 5.30. The first-order valence-corrected chi connectivity index (χ1v) is 11.6. The lowest BCUT2D eigenvalue weighted by atomic mass is 9.63. The number of benzene rings is 2. The number of hydrogen-bond donors (Lipinski definition) is 1. The van der Waals surface area contributed by atoms with Crippen LogP contribution in [0.15, 0.2) is 73.1 Å². The smallest absolute Gasteiger partial charge is 0.321 e. The van der Waals surface area contributed by atoms with Gasteiger partial charge in [0.1, 0.15) is 5.82 Å². The molecular weight excluding hydrogens is 439 g/mol. The average molecular weight is 465 g/mol. The maximum absolute atomic E-state index is 13.9. The highest BCUT2D eigenvalue weighted by molar-refractivity contribution is 6.31. The predicted octanol–water partition coefficient (Wildman–Crippen LogP) is 5.75. The van der Waals surface area contributed by atoms with Gasteiger partial charge in [0, 0.05) is 55.1 Å². The molecule has 1 aromatic heterocycles. The van der Waals surface area contributed by atoms with Crippen LogP contribution in [0.1, 0.15) is 30.0 Å². The lowest BCUT2D eigenvalue weighted by Crippen LogP contribution is -2.62. The summed E-state index contributed by atoms with van der Waals surface area (Å²) in [5.41, 5.74) is 2.61. The summed E-state index contributed by atoms with van der Waals surface area (Å²) in [6.07, 6.45) is 5.51. The van der Waals surface area contributed by atoms with E-state index in [0.29, 0.717) is 13.1 Å². The van der Waals surface area contributed by atoms with E-state index in [1.165, 1.54) is 11.6 Å². The fourth-order valence-corrected chi connectivity index (χ4v) is 5.49. The average Bonchev–Trinajstić information content (AvgIpc) is 2.82. The van der Waals surface area contributed by atoms with Gasteiger partial charge >= 0.3 is 6.03 Å². The third-order valence-corrected chi connectivity index (χ3v) is 7.33. The molecule has 3 heterocycles. The summed E-state index contributed by atoms with van der Waals surface area (Å²) in [5, 5.41) is 3.49. The van der Waals surface area contributed by atoms with Crippen LogP contribution >= 0.6 is 11.6 Å². The molecule has 5 nitrogen and oxygen atoms in total. The molecule has 2 aliphatic heterocycles. The Morgan fingerprint density at radius 1 is 1.09 bits per heavy atom. The minimum absolute atomic E-state index is 0.0824. The molecule has 170 valence electrons. The summed E-state index contributed by atoms with van der Waals surface area (Å²) in [6.45, 7) is 2.99. The van der Waals surface area contributed by atoms with E-state index >= 15 is 0 Å². The van der Waals surface area contributed by atoms with E-state index in [1.54, 1.807) is 29.3 Å². The van der Waals surface area contributed by atoms with Crippen LogP contribution in [0.5, 0.6) is 0 Å². The molecule has 2 saturated heterocycles. The summed E-state index contributed by atoms with van der Waals surface area (Å²) < 4.78 is 13.9. The van der Waals surface area contributed by atoms with Crippen molar-refractivity contribution in [1.29, 1.82) is 0 Å². The van der Waals surface area contributed by atoms with E-state index in [2.05, 4.69) is 27.3 Å². The lowest BCUT2D eigenvalue weighted by Gasteiger charge is -2.60. The Balaban J connectivity index is 1.29. The Morgan fingerprint density at radius 3 is 2.58 bits per heavy atom. The van der Waals surface area contributed by atoms with Crippen molar-refractivity contribution >= 4 is 23.3 Å². The van der Waals surface area contributed by atoms with Gasteiger partial charge in [-0.05, 0) is 48.2 Å². The van der Waals surface area contributed by atoms with Crippen LogP contribution in [-0.2, 0) is 6.54 Å². The number of likely N-dealkylation sites (tertiary alicyclic amines) is 2. The van der Waals surface area contributed by atoms with Gasteiger partial charge in [0.25, 0.3) is 0 Å². The van der Waals surface area contributed by atoms with Crippen LogP contribution < -0.4 is 5.32 Å². The molecule has 2 fully saturated rings. The maximum Gasteiger partial charge on any atom is 0.321 e. The molecule has 1 spiro atoms. The molecule has 5 rings (SSSR count). The lowest BCUT2D eigenvalue weighted by molar-refractivity contribution is -0.112. The van der Waals surface area contributed by atoms with Gasteiger partial charge in [-0.3, -0.25) is 9.88 Å². The highest BCUT2D eigenvalue weighted by Crippen LogP contribution is 2.55. The largest absolute Gasteiger partial charge is 0.324 e. The van der Waals surface area contributed by atoms with Crippen LogP contribution in [0.4, 0.5) is 14.9 Å². The zero-order valence-corrected chi connectivity index (χ0v) is 19.0. The Labute approximate surface area is 198 Å². The summed E-state index contributed by atoms with van der Waals surface area (Å²) in [7, 11) is 0. The van der Waals surface area contributed by atoms with Gasteiger partial charge in [-0.15, -0.1) is 0 Å². The molecule has 7 heteroatoms. The Bertz CT molecular complexity index is 1130. The molecule has 2 aliphatic rings. The standard InChI is InChI=1S/C26H26ClFN4O/c27-21-8-2-1-6-20(21)17-32-18-26(24(32)19-7-5-13-29-16-19)11-14-31(15-12-26)25(33)30-23-10-4-3-9-22(23)28/h1-10,13,16,24H,11-12,14-15,17-18H2,(H,30,33). The van der Waals surface area contributed by atoms with Crippen LogP contribution in [0.2, 0.25) is 5.02 Å². The predicted molar refractivity (Wildman–Crippen MR) is 127 cm³/mol. The van der Waals surface area contributed by atoms with Crippen molar-refractivity contribution in [2.75, 3.05) is 25.0 Å². The van der Waals surface area contributed by atoms with Crippen molar-refractivity contribution in [3.05, 3.63) is 95.0 Å². The van der Waals surface area contributed by atoms with Gasteiger partial charge in [0.15, 0.2) is 0 Å². The number of carbonyl (C=O) groups is 1. The van der Waals surface area contributed by atoms with E-state index in [1.807, 2.05) is 30.5 Å². The number of nitrogens with one attached hydrogen (secondary N) is 1. The topological polar surface area (TPSA) is 48.5 Å². The third-order valence-electron chi connectivity index (χ3n) is 6.96. The molecule has 1 N–H and O–H groups in total. The van der Waals surface area contributed by atoms with Crippen LogP contribution in [0, 0.1) is 11.2 Å². The number of nitrogens with zero attached hydrogens (tertiary/aromatic N) is 3. The number of urea groups is 1. The number of para-hydroxylation sites is 1. The number of pyridine rings is 1. The molecule has 0 saturated carbocycles. The first kappa shape index (κ1) is 21.9. The molecular formula is C26H26ClFN4O. The van der Waals surface area contributed by atoms with Crippen molar-refractivity contribution in [2.45, 2.75) is 25.4 Å². The minimum Gasteiger partial charge on any atom is -0.324 e. The van der Waals surface area contributed by atoms with Crippen molar-refractivity contribution in [3.8, 4) is 0 Å². The summed E-state index contributed by atoms with van der Waals surface area (Å²) in [4.78, 5) is 21.3. The fraction of sp³-hybridized carbons (Fsp3) is 0.308. The van der Waals surface area contributed by atoms with Crippen LogP contribution in [0.3, 0.4) is 0 Å². The van der Waals surface area contributed by atoms with Gasteiger partial charge in [-0.1, -0.05) is 48.0 Å². The summed E-state index contributed by atoms with van der Waals surface area (Å²) in [5.74, 6) is -0.426. The molecule has 2 aromatic carbocycles. The van der Waals surface area contributed by atoms with Gasteiger partial charge in [-0.25, -0.2) is 9.18 Å². The minimum atomic E-state index is -0.426. The van der Waals surface area contributed by atoms with Gasteiger partial charge < -0.3 is 10.2 Å². The number of aromatic nitrogens is 1. The van der Waals surface area contributed by atoms with E-state index in [9.17, 15) is 9.18 Å². The molecule has 1 unspecified atom stereocenters. The second kappa shape index (κ2) is 9.12. The normalized spacial score (nSPS) is 19.8. The van der Waals surface area contributed by atoms with E-state index < -0.39 is 5.82 Å². The van der Waals surface area contributed by atoms with E-state index in [4.69, 9.17) is 11.6 Å². The zero-order valence-electron chi connectivity index (χ0n) is 18.3. The number of anilines is 1. The summed E-state index contributed by atoms with van der Waals surface area (Å²) in [6, 6.07) is 18.3. The molecule has 33 heavy (non-hydrogen) atoms. The number of hydrogen-bond acceptors (Lipinski definition) is 3. The molecule has 0 bridgehead atoms. The SMILES string of the molecule is O=C(Nc1ccccc1F)N1CCC2(CC1)CN(Cc1ccccc1Cl)C2c1cccnc1. The molecule has 1 atom stereocenters. The number of rotatable bonds is 4. The Morgan fingerprint density at radius 2 is 1.85 bits per heavy atom. The van der Waals surface area contributed by atoms with Crippen molar-refractivity contribution in [3.63, 3.8) is 0 Å². The Hall–Kier alpha value is -2.96. The molecule has 0 radical (unpaired) electrons. The third kappa shape index (κ3) is 4.33. The van der Waals surface area contributed by atoms with E-state index in [-0.39, 0.29) is 23.2 Å². The number of amides is 2. The van der Waals surface area contributed by atoms with Crippen molar-refractivity contribution in [2.24, 2.45) is 5.41 Å². The van der Waals surface area contributed by atoms with Gasteiger partial charge in [0.2, 0.25) is 0 Å². The van der Waals surface area contributed by atoms with Crippen molar-refractivity contribution < 1.29 is 9.18 Å². The Kier molecular flexibility index (Phi) is 6.04. The van der Waals surface area contributed by atoms with Gasteiger partial charge in [0.05, 0.1) is 5.69 Å².